The summed E-state index contributed by atoms with van der Waals surface area (Å²) in [7, 11) is -2.83. The number of methoxy groups -OCH3 is 1. The van der Waals surface area contributed by atoms with Gasteiger partial charge in [0.25, 0.3) is 6.43 Å². The van der Waals surface area contributed by atoms with E-state index >= 15 is 0 Å². The Morgan fingerprint density at radius 2 is 2.50 bits per heavy atom. The Labute approximate surface area is 77.3 Å². The molecule has 0 aliphatic rings. The number of rotatable bonds is 2. The van der Waals surface area contributed by atoms with Crippen LogP contribution in [-0.4, -0.2) is 12.0 Å². The van der Waals surface area contributed by atoms with Crippen LogP contribution in [0.5, 0.6) is 5.88 Å². The summed E-state index contributed by atoms with van der Waals surface area (Å²) in [4.78, 5) is 3.40. The SMILES string of the molecule is [2H]C([2H])([2H])Oc1nccc(Cl)c1C(F)F. The standard InChI is InChI=1S/C7H6ClF2NO/c1-12-7-5(6(9)10)4(8)2-3-11-7/h2-3,6H,1H3/i1D3. The van der Waals surface area contributed by atoms with Gasteiger partial charge < -0.3 is 4.74 Å². The molecule has 0 aromatic carbocycles. The van der Waals surface area contributed by atoms with E-state index in [4.69, 9.17) is 15.7 Å². The van der Waals surface area contributed by atoms with Gasteiger partial charge in [0.2, 0.25) is 5.88 Å². The molecule has 0 N–H and O–H groups in total. The lowest BCUT2D eigenvalue weighted by atomic mass is 10.3. The van der Waals surface area contributed by atoms with Gasteiger partial charge in [0.05, 0.1) is 21.7 Å². The molecule has 12 heavy (non-hydrogen) atoms. The van der Waals surface area contributed by atoms with Crippen LogP contribution < -0.4 is 4.74 Å². The minimum absolute atomic E-state index is 0.278. The first-order valence-corrected chi connectivity index (χ1v) is 3.30. The summed E-state index contributed by atoms with van der Waals surface area (Å²) in [6.45, 7) is 0. The molecule has 1 aromatic heterocycles. The van der Waals surface area contributed by atoms with Crippen LogP contribution in [0.2, 0.25) is 5.02 Å². The molecule has 0 atom stereocenters. The summed E-state index contributed by atoms with van der Waals surface area (Å²) in [6.07, 6.45) is -1.85. The zero-order valence-electron chi connectivity index (χ0n) is 8.72. The van der Waals surface area contributed by atoms with Gasteiger partial charge in [-0.2, -0.15) is 0 Å². The van der Waals surface area contributed by atoms with Crippen molar-refractivity contribution in [3.63, 3.8) is 0 Å². The van der Waals surface area contributed by atoms with Crippen molar-refractivity contribution in [3.8, 4) is 5.88 Å². The van der Waals surface area contributed by atoms with Crippen molar-refractivity contribution < 1.29 is 17.6 Å². The molecular formula is C7H6ClF2NO. The molecule has 0 aliphatic carbocycles. The van der Waals surface area contributed by atoms with Crippen molar-refractivity contribution >= 4 is 11.6 Å². The molecule has 0 aliphatic heterocycles. The van der Waals surface area contributed by atoms with Gasteiger partial charge in [0, 0.05) is 6.20 Å². The first kappa shape index (κ1) is 5.70. The van der Waals surface area contributed by atoms with Crippen LogP contribution in [-0.2, 0) is 0 Å². The third-order valence-electron chi connectivity index (χ3n) is 1.22. The van der Waals surface area contributed by atoms with E-state index < -0.39 is 24.9 Å². The molecule has 0 radical (unpaired) electrons. The van der Waals surface area contributed by atoms with Crippen molar-refractivity contribution in [2.45, 2.75) is 6.43 Å². The van der Waals surface area contributed by atoms with E-state index in [1.807, 2.05) is 0 Å². The van der Waals surface area contributed by atoms with Crippen LogP contribution in [0.25, 0.3) is 0 Å². The average Bonchev–Trinajstić information content (AvgIpc) is 1.99. The second-order valence-corrected chi connectivity index (χ2v) is 2.32. The summed E-state index contributed by atoms with van der Waals surface area (Å²) >= 11 is 5.47. The van der Waals surface area contributed by atoms with Gasteiger partial charge in [-0.05, 0) is 6.07 Å². The normalized spacial score (nSPS) is 15.2. The Morgan fingerprint density at radius 3 is 3.08 bits per heavy atom. The van der Waals surface area contributed by atoms with Crippen LogP contribution in [0.15, 0.2) is 12.3 Å². The maximum absolute atomic E-state index is 12.5. The number of alkyl halides is 2. The lowest BCUT2D eigenvalue weighted by molar-refractivity contribution is 0.146. The molecule has 0 saturated carbocycles. The van der Waals surface area contributed by atoms with Gasteiger partial charge in [0.1, 0.15) is 0 Å². The number of aromatic nitrogens is 1. The summed E-state index contributed by atoms with van der Waals surface area (Å²) in [5.41, 5.74) is -0.713. The smallest absolute Gasteiger partial charge is 0.270 e. The van der Waals surface area contributed by atoms with Gasteiger partial charge >= 0.3 is 0 Å². The maximum Gasteiger partial charge on any atom is 0.270 e. The second kappa shape index (κ2) is 3.67. The maximum atomic E-state index is 12.5. The van der Waals surface area contributed by atoms with Crippen molar-refractivity contribution in [2.24, 2.45) is 0 Å². The van der Waals surface area contributed by atoms with E-state index in [0.29, 0.717) is 0 Å². The highest BCUT2D eigenvalue weighted by Gasteiger charge is 2.18. The molecule has 0 unspecified atom stereocenters. The minimum atomic E-state index is -2.94. The van der Waals surface area contributed by atoms with Gasteiger partial charge in [-0.3, -0.25) is 0 Å². The Morgan fingerprint density at radius 1 is 1.75 bits per heavy atom. The number of pyridine rings is 1. The molecule has 2 nitrogen and oxygen atoms in total. The van der Waals surface area contributed by atoms with Crippen LogP contribution in [0.3, 0.4) is 0 Å². The zero-order chi connectivity index (χ0) is 11.6. The third kappa shape index (κ3) is 1.64. The molecule has 1 heterocycles. The van der Waals surface area contributed by atoms with Gasteiger partial charge in [-0.1, -0.05) is 11.6 Å². The zero-order valence-corrected chi connectivity index (χ0v) is 6.48. The van der Waals surface area contributed by atoms with Crippen molar-refractivity contribution in [3.05, 3.63) is 22.8 Å². The first-order valence-electron chi connectivity index (χ1n) is 4.43. The van der Waals surface area contributed by atoms with E-state index in [2.05, 4.69) is 9.72 Å². The largest absolute Gasteiger partial charge is 0.481 e. The lowest BCUT2D eigenvalue weighted by Gasteiger charge is -2.06. The number of hydrogen-bond donors (Lipinski definition) is 0. The van der Waals surface area contributed by atoms with Gasteiger partial charge in [0.15, 0.2) is 0 Å². The molecule has 66 valence electrons. The Bertz CT molecular complexity index is 359. The topological polar surface area (TPSA) is 22.1 Å². The van der Waals surface area contributed by atoms with E-state index in [1.54, 1.807) is 0 Å². The minimum Gasteiger partial charge on any atom is -0.481 e. The molecule has 1 aromatic rings. The van der Waals surface area contributed by atoms with Crippen molar-refractivity contribution in [1.29, 1.82) is 0 Å². The van der Waals surface area contributed by atoms with Crippen LogP contribution >= 0.6 is 11.6 Å². The molecule has 5 heteroatoms. The van der Waals surface area contributed by atoms with Crippen LogP contribution in [0, 0.1) is 0 Å². The van der Waals surface area contributed by atoms with E-state index in [-0.39, 0.29) is 5.02 Å². The van der Waals surface area contributed by atoms with Gasteiger partial charge in [-0.15, -0.1) is 0 Å². The highest BCUT2D eigenvalue weighted by Crippen LogP contribution is 2.32. The second-order valence-electron chi connectivity index (χ2n) is 1.91. The van der Waals surface area contributed by atoms with Crippen molar-refractivity contribution in [2.75, 3.05) is 7.04 Å². The predicted octanol–water partition coefficient (Wildman–Crippen LogP) is 2.68. The highest BCUT2D eigenvalue weighted by atomic mass is 35.5. The number of ether oxygens (including phenoxy) is 1. The Kier molecular flexibility index (Phi) is 1.74. The van der Waals surface area contributed by atoms with Gasteiger partial charge in [-0.25, -0.2) is 13.8 Å². The average molecular weight is 197 g/mol. The van der Waals surface area contributed by atoms with E-state index in [9.17, 15) is 8.78 Å². The summed E-state index contributed by atoms with van der Waals surface area (Å²) in [6, 6.07) is 1.13. The highest BCUT2D eigenvalue weighted by molar-refractivity contribution is 6.31. The molecule has 0 spiro atoms. The third-order valence-corrected chi connectivity index (χ3v) is 1.54. The Hall–Kier alpha value is -0.900. The molecule has 0 bridgehead atoms. The van der Waals surface area contributed by atoms with E-state index in [0.717, 1.165) is 12.3 Å². The fourth-order valence-electron chi connectivity index (χ4n) is 0.711. The number of nitrogens with zero attached hydrogens (tertiary/aromatic N) is 1. The molecule has 1 rings (SSSR count). The first-order chi connectivity index (χ1) is 6.81. The molecular weight excluding hydrogens is 188 g/mol. The summed E-state index contributed by atoms with van der Waals surface area (Å²) in [5, 5.41) is -0.278. The predicted molar refractivity (Wildman–Crippen MR) is 40.8 cm³/mol. The molecule has 0 amide bonds. The fourth-order valence-corrected chi connectivity index (χ4v) is 0.930. The molecule has 0 fully saturated rings. The fraction of sp³-hybridized carbons (Fsp3) is 0.286. The van der Waals surface area contributed by atoms with Crippen molar-refractivity contribution in [1.82, 2.24) is 4.98 Å². The van der Waals surface area contributed by atoms with E-state index in [1.165, 1.54) is 0 Å². The summed E-state index contributed by atoms with van der Waals surface area (Å²) in [5.74, 6) is -0.669. The summed E-state index contributed by atoms with van der Waals surface area (Å²) < 4.78 is 49.5. The quantitative estimate of drug-likeness (QED) is 0.726. The Balaban J connectivity index is 3.12. The monoisotopic (exact) mass is 196 g/mol. The molecule has 0 saturated heterocycles. The number of halogens is 3. The van der Waals surface area contributed by atoms with Crippen LogP contribution in [0.4, 0.5) is 8.78 Å². The number of hydrogen-bond acceptors (Lipinski definition) is 2. The van der Waals surface area contributed by atoms with Crippen LogP contribution in [0.1, 0.15) is 16.1 Å². The lowest BCUT2D eigenvalue weighted by Crippen LogP contribution is -1.95.